The third-order valence-electron chi connectivity index (χ3n) is 3.19. The number of carbonyl (C=O) groups excluding carboxylic acids is 1. The molecule has 0 aromatic carbocycles. The summed E-state index contributed by atoms with van der Waals surface area (Å²) in [5.74, 6) is -0.763. The Labute approximate surface area is 114 Å². The standard InChI is InChI=1S/C13H26N2O4/c1-13(2,10-16)15(3)12(19)14-9-7-5-4-6-8-11(17)18/h16H,4-10H2,1-3H3,(H,14,19)(H,17,18). The number of urea groups is 1. The number of carboxylic acids is 1. The van der Waals surface area contributed by atoms with E-state index in [1.165, 1.54) is 4.90 Å². The van der Waals surface area contributed by atoms with Gasteiger partial charge in [-0.25, -0.2) is 4.79 Å². The Bertz CT molecular complexity index is 292. The molecule has 0 saturated heterocycles. The minimum Gasteiger partial charge on any atom is -0.481 e. The monoisotopic (exact) mass is 274 g/mol. The number of hydrogen-bond donors (Lipinski definition) is 3. The molecular weight excluding hydrogens is 248 g/mol. The van der Waals surface area contributed by atoms with Crippen molar-refractivity contribution in [2.24, 2.45) is 0 Å². The molecule has 3 N–H and O–H groups in total. The minimum atomic E-state index is -0.763. The highest BCUT2D eigenvalue weighted by molar-refractivity contribution is 5.74. The number of likely N-dealkylation sites (N-methyl/N-ethyl adjacent to an activating group) is 1. The number of nitrogens with one attached hydrogen (secondary N) is 1. The van der Waals surface area contributed by atoms with Gasteiger partial charge in [-0.15, -0.1) is 0 Å². The molecule has 0 aliphatic carbocycles. The van der Waals surface area contributed by atoms with Crippen molar-refractivity contribution in [3.05, 3.63) is 0 Å². The molecule has 0 heterocycles. The maximum absolute atomic E-state index is 11.8. The first-order valence-electron chi connectivity index (χ1n) is 6.65. The molecule has 2 amide bonds. The van der Waals surface area contributed by atoms with Gasteiger partial charge in [0, 0.05) is 20.0 Å². The first-order valence-corrected chi connectivity index (χ1v) is 6.65. The van der Waals surface area contributed by atoms with Gasteiger partial charge < -0.3 is 20.4 Å². The number of unbranched alkanes of at least 4 members (excludes halogenated alkanes) is 3. The van der Waals surface area contributed by atoms with E-state index in [1.54, 1.807) is 20.9 Å². The highest BCUT2D eigenvalue weighted by Crippen LogP contribution is 2.10. The second kappa shape index (κ2) is 8.74. The first-order chi connectivity index (χ1) is 8.81. The molecule has 0 aromatic rings. The summed E-state index contributed by atoms with van der Waals surface area (Å²) in [6.45, 7) is 4.06. The van der Waals surface area contributed by atoms with Crippen LogP contribution in [0, 0.1) is 0 Å². The second-order valence-corrected chi connectivity index (χ2v) is 5.32. The van der Waals surface area contributed by atoms with Crippen LogP contribution in [0.25, 0.3) is 0 Å². The van der Waals surface area contributed by atoms with Gasteiger partial charge in [0.05, 0.1) is 12.1 Å². The van der Waals surface area contributed by atoms with Crippen molar-refractivity contribution in [1.29, 1.82) is 0 Å². The maximum Gasteiger partial charge on any atom is 0.317 e. The normalized spacial score (nSPS) is 11.2. The molecule has 0 saturated carbocycles. The first kappa shape index (κ1) is 17.7. The average molecular weight is 274 g/mol. The van der Waals surface area contributed by atoms with Crippen LogP contribution in [0.4, 0.5) is 4.79 Å². The summed E-state index contributed by atoms with van der Waals surface area (Å²) < 4.78 is 0. The third kappa shape index (κ3) is 7.66. The van der Waals surface area contributed by atoms with Crippen molar-refractivity contribution in [3.8, 4) is 0 Å². The quantitative estimate of drug-likeness (QED) is 0.555. The number of carbonyl (C=O) groups is 2. The summed E-state index contributed by atoms with van der Waals surface area (Å²) in [7, 11) is 1.65. The van der Waals surface area contributed by atoms with E-state index < -0.39 is 11.5 Å². The van der Waals surface area contributed by atoms with Gasteiger partial charge in [-0.05, 0) is 26.7 Å². The summed E-state index contributed by atoms with van der Waals surface area (Å²) in [6.07, 6.45) is 3.49. The Kier molecular flexibility index (Phi) is 8.14. The second-order valence-electron chi connectivity index (χ2n) is 5.32. The number of rotatable bonds is 9. The topological polar surface area (TPSA) is 89.9 Å². The Balaban J connectivity index is 3.67. The van der Waals surface area contributed by atoms with Crippen LogP contribution in [0.15, 0.2) is 0 Å². The molecule has 0 aliphatic rings. The lowest BCUT2D eigenvalue weighted by Gasteiger charge is -2.33. The fourth-order valence-corrected chi connectivity index (χ4v) is 1.45. The van der Waals surface area contributed by atoms with Crippen molar-refractivity contribution in [1.82, 2.24) is 10.2 Å². The van der Waals surface area contributed by atoms with Crippen molar-refractivity contribution >= 4 is 12.0 Å². The summed E-state index contributed by atoms with van der Waals surface area (Å²) in [5.41, 5.74) is -0.578. The predicted molar refractivity (Wildman–Crippen MR) is 73.0 cm³/mol. The van der Waals surface area contributed by atoms with Crippen LogP contribution in [0.1, 0.15) is 46.0 Å². The Morgan fingerprint density at radius 2 is 1.74 bits per heavy atom. The molecule has 0 spiro atoms. The van der Waals surface area contributed by atoms with Gasteiger partial charge in [-0.3, -0.25) is 4.79 Å². The van der Waals surface area contributed by atoms with Gasteiger partial charge in [0.2, 0.25) is 0 Å². The van der Waals surface area contributed by atoms with Crippen molar-refractivity contribution in [2.75, 3.05) is 20.2 Å². The predicted octanol–water partition coefficient (Wildman–Crippen LogP) is 1.43. The molecule has 0 fully saturated rings. The van der Waals surface area contributed by atoms with Crippen molar-refractivity contribution in [3.63, 3.8) is 0 Å². The van der Waals surface area contributed by atoms with Crippen LogP contribution in [0.5, 0.6) is 0 Å². The molecule has 6 nitrogen and oxygen atoms in total. The number of nitrogens with zero attached hydrogens (tertiary/aromatic N) is 1. The molecule has 0 aromatic heterocycles. The van der Waals surface area contributed by atoms with Crippen molar-refractivity contribution in [2.45, 2.75) is 51.5 Å². The lowest BCUT2D eigenvalue weighted by molar-refractivity contribution is -0.137. The SMILES string of the molecule is CN(C(=O)NCCCCCCC(=O)O)C(C)(C)CO. The minimum absolute atomic E-state index is 0.0912. The van der Waals surface area contributed by atoms with Gasteiger partial charge in [-0.1, -0.05) is 12.8 Å². The largest absolute Gasteiger partial charge is 0.481 e. The van der Waals surface area contributed by atoms with Gasteiger partial charge in [-0.2, -0.15) is 0 Å². The number of hydrogen-bond acceptors (Lipinski definition) is 3. The number of carboxylic acid groups (broad SMARTS) is 1. The van der Waals surface area contributed by atoms with Gasteiger partial charge in [0.15, 0.2) is 0 Å². The van der Waals surface area contributed by atoms with Crippen molar-refractivity contribution < 1.29 is 19.8 Å². The number of aliphatic hydroxyl groups is 1. The molecule has 0 aliphatic heterocycles. The fourth-order valence-electron chi connectivity index (χ4n) is 1.45. The van der Waals surface area contributed by atoms with Crippen LogP contribution in [-0.2, 0) is 4.79 Å². The molecule has 0 unspecified atom stereocenters. The zero-order valence-corrected chi connectivity index (χ0v) is 12.1. The molecule has 19 heavy (non-hydrogen) atoms. The lowest BCUT2D eigenvalue weighted by Crippen LogP contribution is -2.51. The fraction of sp³-hybridized carbons (Fsp3) is 0.846. The molecule has 0 radical (unpaired) electrons. The molecule has 0 atom stereocenters. The lowest BCUT2D eigenvalue weighted by atomic mass is 10.1. The van der Waals surface area contributed by atoms with Crippen LogP contribution in [-0.4, -0.2) is 52.9 Å². The van der Waals surface area contributed by atoms with Crippen LogP contribution < -0.4 is 5.32 Å². The third-order valence-corrected chi connectivity index (χ3v) is 3.19. The zero-order valence-electron chi connectivity index (χ0n) is 12.1. The van der Waals surface area contributed by atoms with Gasteiger partial charge in [0.25, 0.3) is 0 Å². The Morgan fingerprint density at radius 3 is 2.26 bits per heavy atom. The molecule has 0 bridgehead atoms. The molecule has 6 heteroatoms. The van der Waals surface area contributed by atoms with E-state index >= 15 is 0 Å². The van der Waals surface area contributed by atoms with Gasteiger partial charge in [0.1, 0.15) is 0 Å². The highest BCUT2D eigenvalue weighted by atomic mass is 16.4. The van der Waals surface area contributed by atoms with E-state index in [0.29, 0.717) is 13.0 Å². The van der Waals surface area contributed by atoms with E-state index in [-0.39, 0.29) is 19.1 Å². The average Bonchev–Trinajstić information content (AvgIpc) is 2.36. The molecular formula is C13H26N2O4. The summed E-state index contributed by atoms with van der Waals surface area (Å²) in [4.78, 5) is 23.5. The Hall–Kier alpha value is -1.30. The summed E-state index contributed by atoms with van der Waals surface area (Å²) >= 11 is 0. The summed E-state index contributed by atoms with van der Waals surface area (Å²) in [5, 5.41) is 20.4. The maximum atomic E-state index is 11.8. The molecule has 112 valence electrons. The number of aliphatic hydroxyl groups excluding tert-OH is 1. The van der Waals surface area contributed by atoms with Crippen LogP contribution in [0.3, 0.4) is 0 Å². The van der Waals surface area contributed by atoms with Crippen LogP contribution >= 0.6 is 0 Å². The van der Waals surface area contributed by atoms with E-state index in [2.05, 4.69) is 5.32 Å². The van der Waals surface area contributed by atoms with E-state index in [0.717, 1.165) is 19.3 Å². The Morgan fingerprint density at radius 1 is 1.16 bits per heavy atom. The smallest absolute Gasteiger partial charge is 0.317 e. The molecule has 0 rings (SSSR count). The van der Waals surface area contributed by atoms with E-state index in [9.17, 15) is 9.59 Å². The van der Waals surface area contributed by atoms with E-state index in [1.807, 2.05) is 0 Å². The van der Waals surface area contributed by atoms with Gasteiger partial charge >= 0.3 is 12.0 Å². The zero-order chi connectivity index (χ0) is 14.9. The van der Waals surface area contributed by atoms with E-state index in [4.69, 9.17) is 10.2 Å². The number of aliphatic carboxylic acids is 1. The number of amides is 2. The highest BCUT2D eigenvalue weighted by Gasteiger charge is 2.26. The van der Waals surface area contributed by atoms with Crippen LogP contribution in [0.2, 0.25) is 0 Å². The summed E-state index contributed by atoms with van der Waals surface area (Å²) in [6, 6.07) is -0.204.